The van der Waals surface area contributed by atoms with Gasteiger partial charge in [0, 0.05) is 10.4 Å². The van der Waals surface area contributed by atoms with Crippen molar-refractivity contribution in [3.05, 3.63) is 35.4 Å². The van der Waals surface area contributed by atoms with E-state index in [0.717, 1.165) is 0 Å². The smallest absolute Gasteiger partial charge is 0.304 e. The molecule has 21 heavy (non-hydrogen) atoms. The van der Waals surface area contributed by atoms with E-state index in [9.17, 15) is 14.4 Å². The summed E-state index contributed by atoms with van der Waals surface area (Å²) in [6, 6.07) is 6.55. The Morgan fingerprint density at radius 1 is 1.29 bits per heavy atom. The van der Waals surface area contributed by atoms with E-state index >= 15 is 0 Å². The first kappa shape index (κ1) is 14.3. The van der Waals surface area contributed by atoms with Crippen LogP contribution in [0, 0.1) is 0 Å². The minimum absolute atomic E-state index is 0.00727. The van der Waals surface area contributed by atoms with Crippen LogP contribution in [0.25, 0.3) is 0 Å². The Morgan fingerprint density at radius 2 is 1.86 bits per heavy atom. The number of carbonyl (C=O) groups is 3. The summed E-state index contributed by atoms with van der Waals surface area (Å²) in [6.07, 6.45) is 1.73. The third-order valence-electron chi connectivity index (χ3n) is 4.19. The Labute approximate surface area is 130 Å². The second kappa shape index (κ2) is 4.94. The molecule has 110 valence electrons. The third-order valence-corrected chi connectivity index (χ3v) is 5.19. The van der Waals surface area contributed by atoms with Crippen molar-refractivity contribution in [1.82, 2.24) is 4.90 Å². The lowest BCUT2D eigenvalue weighted by molar-refractivity contribution is -0.137. The van der Waals surface area contributed by atoms with E-state index in [4.69, 9.17) is 5.11 Å². The lowest BCUT2D eigenvalue weighted by Crippen LogP contribution is -2.39. The minimum atomic E-state index is -0.880. The minimum Gasteiger partial charge on any atom is -0.481 e. The van der Waals surface area contributed by atoms with Gasteiger partial charge in [-0.05, 0) is 31.4 Å². The van der Waals surface area contributed by atoms with Crippen molar-refractivity contribution in [2.45, 2.75) is 36.0 Å². The van der Waals surface area contributed by atoms with Crippen molar-refractivity contribution in [3.63, 3.8) is 0 Å². The number of carbonyl (C=O) groups excluding carboxylic acids is 2. The van der Waals surface area contributed by atoms with Gasteiger partial charge in [-0.15, -0.1) is 0 Å². The largest absolute Gasteiger partial charge is 0.481 e. The number of rotatable bonds is 3. The number of amides is 2. The van der Waals surface area contributed by atoms with Crippen LogP contribution in [0.5, 0.6) is 0 Å². The van der Waals surface area contributed by atoms with Crippen molar-refractivity contribution in [2.24, 2.45) is 0 Å². The van der Waals surface area contributed by atoms with Crippen LogP contribution in [-0.2, 0) is 4.79 Å². The normalized spacial score (nSPS) is 28.0. The summed E-state index contributed by atoms with van der Waals surface area (Å²) in [5.74, 6) is -1.42. The number of hydrogen-bond donors (Lipinski definition) is 1. The summed E-state index contributed by atoms with van der Waals surface area (Å²) < 4.78 is -0.529. The second-order valence-corrected chi connectivity index (χ2v) is 7.33. The molecule has 1 aromatic rings. The quantitative estimate of drug-likeness (QED) is 0.670. The van der Waals surface area contributed by atoms with Crippen LogP contribution in [0.3, 0.4) is 0 Å². The standard InChI is InChI=1S/C15H14BrNO4/c16-15(8-12(18)19)6-5-9(7-15)17-13(20)10-3-1-2-4-11(10)14(17)21/h1-4,9H,5-8H2,(H,18,19)/t9-,15+/m1/s1. The zero-order valence-electron chi connectivity index (χ0n) is 11.2. The summed E-state index contributed by atoms with van der Waals surface area (Å²) in [7, 11) is 0. The molecule has 0 aromatic heterocycles. The predicted octanol–water partition coefficient (Wildman–Crippen LogP) is 2.44. The molecule has 2 atom stereocenters. The molecule has 2 amide bonds. The highest BCUT2D eigenvalue weighted by molar-refractivity contribution is 9.10. The van der Waals surface area contributed by atoms with Gasteiger partial charge in [-0.1, -0.05) is 28.1 Å². The number of nitrogens with zero attached hydrogens (tertiary/aromatic N) is 1. The van der Waals surface area contributed by atoms with Gasteiger partial charge in [0.15, 0.2) is 0 Å². The molecule has 1 fully saturated rings. The van der Waals surface area contributed by atoms with Crippen LogP contribution >= 0.6 is 15.9 Å². The van der Waals surface area contributed by atoms with Crippen LogP contribution in [0.1, 0.15) is 46.4 Å². The van der Waals surface area contributed by atoms with E-state index in [2.05, 4.69) is 15.9 Å². The van der Waals surface area contributed by atoms with E-state index in [1.807, 2.05) is 0 Å². The van der Waals surface area contributed by atoms with E-state index in [0.29, 0.717) is 30.4 Å². The van der Waals surface area contributed by atoms with Crippen molar-refractivity contribution in [1.29, 1.82) is 0 Å². The highest BCUT2D eigenvalue weighted by Crippen LogP contribution is 2.44. The molecule has 6 heteroatoms. The number of benzene rings is 1. The number of halogens is 1. The molecule has 3 rings (SSSR count). The molecule has 1 aliphatic heterocycles. The van der Waals surface area contributed by atoms with E-state index < -0.39 is 10.3 Å². The zero-order chi connectivity index (χ0) is 15.2. The van der Waals surface area contributed by atoms with Gasteiger partial charge in [0.25, 0.3) is 11.8 Å². The first-order valence-corrected chi connectivity index (χ1v) is 7.58. The molecule has 2 aliphatic rings. The first-order chi connectivity index (χ1) is 9.91. The van der Waals surface area contributed by atoms with Crippen LogP contribution in [-0.4, -0.2) is 38.2 Å². The van der Waals surface area contributed by atoms with Crippen LogP contribution < -0.4 is 0 Å². The predicted molar refractivity (Wildman–Crippen MR) is 78.5 cm³/mol. The molecule has 0 unspecified atom stereocenters. The summed E-state index contributed by atoms with van der Waals surface area (Å²) in [5, 5.41) is 8.96. The van der Waals surface area contributed by atoms with Gasteiger partial charge in [0.1, 0.15) is 0 Å². The average molecular weight is 352 g/mol. The zero-order valence-corrected chi connectivity index (χ0v) is 12.8. The molecule has 5 nitrogen and oxygen atoms in total. The third kappa shape index (κ3) is 2.37. The van der Waals surface area contributed by atoms with E-state index in [1.165, 1.54) is 4.90 Å². The van der Waals surface area contributed by atoms with Crippen LogP contribution in [0.2, 0.25) is 0 Å². The fraction of sp³-hybridized carbons (Fsp3) is 0.400. The average Bonchev–Trinajstić information content (AvgIpc) is 2.90. The number of imide groups is 1. The van der Waals surface area contributed by atoms with Crippen LogP contribution in [0.4, 0.5) is 0 Å². The Kier molecular flexibility index (Phi) is 3.36. The van der Waals surface area contributed by atoms with Gasteiger partial charge in [0.2, 0.25) is 0 Å². The van der Waals surface area contributed by atoms with Gasteiger partial charge in [-0.2, -0.15) is 0 Å². The Bertz CT molecular complexity index is 609. The fourth-order valence-electron chi connectivity index (χ4n) is 3.24. The highest BCUT2D eigenvalue weighted by atomic mass is 79.9. The monoisotopic (exact) mass is 351 g/mol. The number of hydrogen-bond acceptors (Lipinski definition) is 3. The summed E-state index contributed by atoms with van der Waals surface area (Å²) in [5.41, 5.74) is 0.876. The van der Waals surface area contributed by atoms with Crippen molar-refractivity contribution in [2.75, 3.05) is 0 Å². The summed E-state index contributed by atoms with van der Waals surface area (Å²) in [6.45, 7) is 0. The summed E-state index contributed by atoms with van der Waals surface area (Å²) >= 11 is 3.48. The molecular formula is C15H14BrNO4. The van der Waals surface area contributed by atoms with Gasteiger partial charge < -0.3 is 5.11 Å². The molecule has 0 spiro atoms. The SMILES string of the molecule is O=C(O)C[C@]1(Br)CC[C@@H](N2C(=O)c3ccccc3C2=O)C1. The van der Waals surface area contributed by atoms with Gasteiger partial charge >= 0.3 is 5.97 Å². The highest BCUT2D eigenvalue weighted by Gasteiger charge is 2.47. The number of carboxylic acid groups (broad SMARTS) is 1. The number of alkyl halides is 1. The molecule has 0 saturated heterocycles. The van der Waals surface area contributed by atoms with Crippen molar-refractivity contribution in [3.8, 4) is 0 Å². The number of carboxylic acids is 1. The van der Waals surface area contributed by atoms with E-state index in [1.54, 1.807) is 24.3 Å². The lowest BCUT2D eigenvalue weighted by atomic mass is 10.0. The van der Waals surface area contributed by atoms with Crippen LogP contribution in [0.15, 0.2) is 24.3 Å². The first-order valence-electron chi connectivity index (χ1n) is 6.79. The maximum absolute atomic E-state index is 12.4. The summed E-state index contributed by atoms with van der Waals surface area (Å²) in [4.78, 5) is 37.0. The van der Waals surface area contributed by atoms with Gasteiger partial charge in [0.05, 0.1) is 17.5 Å². The van der Waals surface area contributed by atoms with E-state index in [-0.39, 0.29) is 24.3 Å². The fourth-order valence-corrected chi connectivity index (χ4v) is 4.09. The molecule has 1 N–H and O–H groups in total. The van der Waals surface area contributed by atoms with Crippen molar-refractivity contribution < 1.29 is 19.5 Å². The van der Waals surface area contributed by atoms with Crippen molar-refractivity contribution >= 4 is 33.7 Å². The maximum atomic E-state index is 12.4. The number of fused-ring (bicyclic) bond motifs is 1. The Morgan fingerprint density at radius 3 is 2.38 bits per heavy atom. The second-order valence-electron chi connectivity index (χ2n) is 5.64. The maximum Gasteiger partial charge on any atom is 0.304 e. The molecular weight excluding hydrogens is 338 g/mol. The molecule has 0 bridgehead atoms. The Balaban J connectivity index is 1.83. The van der Waals surface area contributed by atoms with Gasteiger partial charge in [-0.25, -0.2) is 0 Å². The molecule has 1 heterocycles. The molecule has 1 saturated carbocycles. The molecule has 1 aliphatic carbocycles. The van der Waals surface area contributed by atoms with Gasteiger partial charge in [-0.3, -0.25) is 19.3 Å². The topological polar surface area (TPSA) is 74.7 Å². The molecule has 0 radical (unpaired) electrons. The lowest BCUT2D eigenvalue weighted by Gasteiger charge is -2.24. The Hall–Kier alpha value is -1.69. The molecule has 1 aromatic carbocycles. The number of aliphatic carboxylic acids is 1.